The third-order valence-corrected chi connectivity index (χ3v) is 3.10. The first-order valence-corrected chi connectivity index (χ1v) is 5.79. The summed E-state index contributed by atoms with van der Waals surface area (Å²) < 4.78 is 5.61. The molecule has 0 radical (unpaired) electrons. The molecule has 0 saturated carbocycles. The minimum absolute atomic E-state index is 0.178. The summed E-state index contributed by atoms with van der Waals surface area (Å²) >= 11 is 0. The Morgan fingerprint density at radius 3 is 2.40 bits per heavy atom. The number of amides is 1. The van der Waals surface area contributed by atoms with Crippen molar-refractivity contribution in [3.05, 3.63) is 0 Å². The molecule has 2 atom stereocenters. The highest BCUT2D eigenvalue weighted by atomic mass is 16.5. The van der Waals surface area contributed by atoms with Gasteiger partial charge < -0.3 is 15.0 Å². The SMILES string of the molecule is CC1CN(C(=O)CC2CNC2)CC(C)O1. The molecule has 0 spiro atoms. The summed E-state index contributed by atoms with van der Waals surface area (Å²) in [4.78, 5) is 13.9. The van der Waals surface area contributed by atoms with Crippen LogP contribution in [0.25, 0.3) is 0 Å². The van der Waals surface area contributed by atoms with E-state index in [-0.39, 0.29) is 12.2 Å². The molecule has 0 bridgehead atoms. The molecule has 4 heteroatoms. The predicted molar refractivity (Wildman–Crippen MR) is 57.6 cm³/mol. The smallest absolute Gasteiger partial charge is 0.223 e. The highest BCUT2D eigenvalue weighted by Crippen LogP contribution is 2.15. The van der Waals surface area contributed by atoms with E-state index < -0.39 is 0 Å². The molecular formula is C11H20N2O2. The minimum atomic E-state index is 0.178. The van der Waals surface area contributed by atoms with Crippen LogP contribution >= 0.6 is 0 Å². The van der Waals surface area contributed by atoms with Crippen LogP contribution in [0.2, 0.25) is 0 Å². The van der Waals surface area contributed by atoms with Crippen LogP contribution in [0.3, 0.4) is 0 Å². The van der Waals surface area contributed by atoms with Crippen molar-refractivity contribution in [3.63, 3.8) is 0 Å². The highest BCUT2D eigenvalue weighted by Gasteiger charge is 2.28. The third-order valence-electron chi connectivity index (χ3n) is 3.10. The molecule has 2 aliphatic heterocycles. The Hall–Kier alpha value is -0.610. The zero-order chi connectivity index (χ0) is 10.8. The van der Waals surface area contributed by atoms with Gasteiger partial charge in [-0.3, -0.25) is 4.79 Å². The van der Waals surface area contributed by atoms with Crippen molar-refractivity contribution >= 4 is 5.91 Å². The Balaban J connectivity index is 1.82. The first-order valence-electron chi connectivity index (χ1n) is 5.79. The van der Waals surface area contributed by atoms with Gasteiger partial charge in [-0.25, -0.2) is 0 Å². The van der Waals surface area contributed by atoms with E-state index in [0.717, 1.165) is 26.2 Å². The molecule has 86 valence electrons. The number of carbonyl (C=O) groups excluding carboxylic acids is 1. The first kappa shape index (κ1) is 10.9. The van der Waals surface area contributed by atoms with Crippen molar-refractivity contribution < 1.29 is 9.53 Å². The average molecular weight is 212 g/mol. The van der Waals surface area contributed by atoms with Crippen LogP contribution in [0.1, 0.15) is 20.3 Å². The van der Waals surface area contributed by atoms with Crippen molar-refractivity contribution in [2.75, 3.05) is 26.2 Å². The van der Waals surface area contributed by atoms with Crippen molar-refractivity contribution in [3.8, 4) is 0 Å². The Kier molecular flexibility index (Phi) is 3.26. The average Bonchev–Trinajstić information content (AvgIpc) is 2.09. The second-order valence-electron chi connectivity index (χ2n) is 4.78. The summed E-state index contributed by atoms with van der Waals surface area (Å²) in [6.45, 7) is 7.57. The number of hydrogen-bond acceptors (Lipinski definition) is 3. The molecular weight excluding hydrogens is 192 g/mol. The van der Waals surface area contributed by atoms with E-state index >= 15 is 0 Å². The van der Waals surface area contributed by atoms with Crippen LogP contribution in [0.4, 0.5) is 0 Å². The van der Waals surface area contributed by atoms with E-state index in [1.165, 1.54) is 0 Å². The van der Waals surface area contributed by atoms with Crippen molar-refractivity contribution in [2.45, 2.75) is 32.5 Å². The van der Waals surface area contributed by atoms with Gasteiger partial charge in [0, 0.05) is 19.5 Å². The lowest BCUT2D eigenvalue weighted by atomic mass is 9.98. The minimum Gasteiger partial charge on any atom is -0.372 e. The molecule has 1 N–H and O–H groups in total. The second-order valence-corrected chi connectivity index (χ2v) is 4.78. The van der Waals surface area contributed by atoms with Gasteiger partial charge >= 0.3 is 0 Å². The quantitative estimate of drug-likeness (QED) is 0.712. The monoisotopic (exact) mass is 212 g/mol. The lowest BCUT2D eigenvalue weighted by Gasteiger charge is -2.37. The fourth-order valence-electron chi connectivity index (χ4n) is 2.25. The summed E-state index contributed by atoms with van der Waals surface area (Å²) in [5.41, 5.74) is 0. The lowest BCUT2D eigenvalue weighted by molar-refractivity contribution is -0.144. The molecule has 2 heterocycles. The maximum absolute atomic E-state index is 11.9. The van der Waals surface area contributed by atoms with Gasteiger partial charge in [0.1, 0.15) is 0 Å². The fraction of sp³-hybridized carbons (Fsp3) is 0.909. The second kappa shape index (κ2) is 4.49. The molecule has 2 fully saturated rings. The molecule has 2 unspecified atom stereocenters. The van der Waals surface area contributed by atoms with E-state index in [9.17, 15) is 4.79 Å². The van der Waals surface area contributed by atoms with E-state index in [4.69, 9.17) is 4.74 Å². The van der Waals surface area contributed by atoms with Crippen LogP contribution in [0, 0.1) is 5.92 Å². The van der Waals surface area contributed by atoms with Crippen LogP contribution in [0.15, 0.2) is 0 Å². The van der Waals surface area contributed by atoms with Gasteiger partial charge in [0.15, 0.2) is 0 Å². The molecule has 2 rings (SSSR count). The van der Waals surface area contributed by atoms with Gasteiger partial charge in [-0.1, -0.05) is 0 Å². The highest BCUT2D eigenvalue weighted by molar-refractivity contribution is 5.76. The van der Waals surface area contributed by atoms with Crippen molar-refractivity contribution in [2.24, 2.45) is 5.92 Å². The number of carbonyl (C=O) groups is 1. The van der Waals surface area contributed by atoms with Crippen LogP contribution in [-0.4, -0.2) is 49.2 Å². The molecule has 0 aromatic carbocycles. The molecule has 4 nitrogen and oxygen atoms in total. The van der Waals surface area contributed by atoms with E-state index in [1.54, 1.807) is 0 Å². The molecule has 0 aliphatic carbocycles. The number of hydrogen-bond donors (Lipinski definition) is 1. The summed E-state index contributed by atoms with van der Waals surface area (Å²) in [6.07, 6.45) is 1.06. The molecule has 0 aromatic heterocycles. The maximum Gasteiger partial charge on any atom is 0.223 e. The summed E-state index contributed by atoms with van der Waals surface area (Å²) in [7, 11) is 0. The number of morpholine rings is 1. The molecule has 2 aliphatic rings. The Morgan fingerprint density at radius 2 is 1.93 bits per heavy atom. The number of ether oxygens (including phenoxy) is 1. The summed E-state index contributed by atoms with van der Waals surface area (Å²) in [5, 5.41) is 3.19. The van der Waals surface area contributed by atoms with Gasteiger partial charge in [0.05, 0.1) is 12.2 Å². The van der Waals surface area contributed by atoms with Gasteiger partial charge in [-0.2, -0.15) is 0 Å². The molecule has 1 amide bonds. The fourth-order valence-corrected chi connectivity index (χ4v) is 2.25. The first-order chi connectivity index (χ1) is 7.15. The third kappa shape index (κ3) is 2.69. The largest absolute Gasteiger partial charge is 0.372 e. The van der Waals surface area contributed by atoms with Gasteiger partial charge in [-0.05, 0) is 32.9 Å². The zero-order valence-corrected chi connectivity index (χ0v) is 9.53. The lowest BCUT2D eigenvalue weighted by Crippen LogP contribution is -2.51. The predicted octanol–water partition coefficient (Wildman–Crippen LogP) is 0.232. The normalized spacial score (nSPS) is 32.5. The van der Waals surface area contributed by atoms with Gasteiger partial charge in [0.25, 0.3) is 0 Å². The standard InChI is InChI=1S/C11H20N2O2/c1-8-6-13(7-9(2)15-8)11(14)3-10-4-12-5-10/h8-10,12H,3-7H2,1-2H3. The molecule has 15 heavy (non-hydrogen) atoms. The molecule has 2 saturated heterocycles. The van der Waals surface area contributed by atoms with E-state index in [1.807, 2.05) is 18.7 Å². The van der Waals surface area contributed by atoms with Crippen molar-refractivity contribution in [1.29, 1.82) is 0 Å². The van der Waals surface area contributed by atoms with Crippen LogP contribution in [0.5, 0.6) is 0 Å². The maximum atomic E-state index is 11.9. The Labute approximate surface area is 91.0 Å². The number of rotatable bonds is 2. The Morgan fingerprint density at radius 1 is 1.33 bits per heavy atom. The number of nitrogens with zero attached hydrogens (tertiary/aromatic N) is 1. The summed E-state index contributed by atoms with van der Waals surface area (Å²) in [6, 6.07) is 0. The van der Waals surface area contributed by atoms with E-state index in [0.29, 0.717) is 18.2 Å². The van der Waals surface area contributed by atoms with Crippen molar-refractivity contribution in [1.82, 2.24) is 10.2 Å². The van der Waals surface area contributed by atoms with Crippen LogP contribution < -0.4 is 5.32 Å². The topological polar surface area (TPSA) is 41.6 Å². The summed E-state index contributed by atoms with van der Waals surface area (Å²) in [5.74, 6) is 0.856. The van der Waals surface area contributed by atoms with Gasteiger partial charge in [-0.15, -0.1) is 0 Å². The van der Waals surface area contributed by atoms with Crippen LogP contribution in [-0.2, 0) is 9.53 Å². The van der Waals surface area contributed by atoms with Gasteiger partial charge in [0.2, 0.25) is 5.91 Å². The number of nitrogens with one attached hydrogen (secondary N) is 1. The molecule has 0 aromatic rings. The zero-order valence-electron chi connectivity index (χ0n) is 9.53. The Bertz CT molecular complexity index is 231. The van der Waals surface area contributed by atoms with E-state index in [2.05, 4.69) is 5.32 Å².